The van der Waals surface area contributed by atoms with Crippen molar-refractivity contribution in [3.8, 4) is 0 Å². The Hall–Kier alpha value is -0.120. The summed E-state index contributed by atoms with van der Waals surface area (Å²) in [5.74, 6) is 0.494. The number of nitrogens with one attached hydrogen (secondary N) is 1. The van der Waals surface area contributed by atoms with Crippen molar-refractivity contribution >= 4 is 0 Å². The maximum atomic E-state index is 6.37. The van der Waals surface area contributed by atoms with E-state index in [-0.39, 0.29) is 16.7 Å². The molecule has 0 radical (unpaired) electrons. The van der Waals surface area contributed by atoms with Crippen molar-refractivity contribution in [3.63, 3.8) is 0 Å². The van der Waals surface area contributed by atoms with Gasteiger partial charge in [0, 0.05) is 24.0 Å². The number of ether oxygens (including phenoxy) is 1. The molecule has 1 saturated heterocycles. The first-order valence-corrected chi connectivity index (χ1v) is 8.12. The molecule has 1 fully saturated rings. The van der Waals surface area contributed by atoms with Crippen molar-refractivity contribution in [2.45, 2.75) is 84.6 Å². The molecular weight excluding hydrogens is 248 g/mol. The molecule has 1 heterocycles. The summed E-state index contributed by atoms with van der Waals surface area (Å²) in [5.41, 5.74) is 0.0371. The SMILES string of the molecule is CCNC1C(CN(C)C(C)(C)CC)C(C)(C)OC1(C)C. The summed E-state index contributed by atoms with van der Waals surface area (Å²) in [6.45, 7) is 20.1. The van der Waals surface area contributed by atoms with E-state index in [0.29, 0.717) is 12.0 Å². The van der Waals surface area contributed by atoms with Gasteiger partial charge in [0.15, 0.2) is 0 Å². The molecule has 0 aliphatic carbocycles. The van der Waals surface area contributed by atoms with E-state index in [1.54, 1.807) is 0 Å². The lowest BCUT2D eigenvalue weighted by molar-refractivity contribution is -0.0807. The standard InChI is InChI=1S/C17H36N2O/c1-10-15(3,4)19(9)12-13-14(18-11-2)17(7,8)20-16(13,5)6/h13-14,18H,10-12H2,1-9H3. The maximum absolute atomic E-state index is 6.37. The van der Waals surface area contributed by atoms with Gasteiger partial charge in [-0.2, -0.15) is 0 Å². The average molecular weight is 284 g/mol. The Balaban J connectivity index is 2.94. The summed E-state index contributed by atoms with van der Waals surface area (Å²) in [6.07, 6.45) is 1.16. The molecule has 20 heavy (non-hydrogen) atoms. The predicted molar refractivity (Wildman–Crippen MR) is 87.2 cm³/mol. The lowest BCUT2D eigenvalue weighted by Crippen LogP contribution is -2.53. The molecule has 3 heteroatoms. The van der Waals surface area contributed by atoms with Crippen LogP contribution >= 0.6 is 0 Å². The van der Waals surface area contributed by atoms with Crippen molar-refractivity contribution in [2.75, 3.05) is 20.1 Å². The zero-order valence-corrected chi connectivity index (χ0v) is 15.1. The van der Waals surface area contributed by atoms with E-state index >= 15 is 0 Å². The van der Waals surface area contributed by atoms with Gasteiger partial charge < -0.3 is 15.0 Å². The Morgan fingerprint density at radius 2 is 1.65 bits per heavy atom. The van der Waals surface area contributed by atoms with Gasteiger partial charge in [-0.15, -0.1) is 0 Å². The van der Waals surface area contributed by atoms with Gasteiger partial charge in [-0.1, -0.05) is 13.8 Å². The van der Waals surface area contributed by atoms with Crippen LogP contribution in [0.5, 0.6) is 0 Å². The van der Waals surface area contributed by atoms with E-state index in [9.17, 15) is 0 Å². The van der Waals surface area contributed by atoms with Crippen molar-refractivity contribution < 1.29 is 4.74 Å². The van der Waals surface area contributed by atoms with E-state index in [0.717, 1.165) is 19.5 Å². The number of hydrogen-bond donors (Lipinski definition) is 1. The van der Waals surface area contributed by atoms with Crippen LogP contribution in [0, 0.1) is 5.92 Å². The van der Waals surface area contributed by atoms with Gasteiger partial charge in [0.25, 0.3) is 0 Å². The number of rotatable bonds is 6. The van der Waals surface area contributed by atoms with Crippen molar-refractivity contribution in [3.05, 3.63) is 0 Å². The Morgan fingerprint density at radius 1 is 1.10 bits per heavy atom. The van der Waals surface area contributed by atoms with Crippen LogP contribution < -0.4 is 5.32 Å². The molecule has 1 aliphatic heterocycles. The largest absolute Gasteiger partial charge is 0.368 e. The van der Waals surface area contributed by atoms with Gasteiger partial charge >= 0.3 is 0 Å². The molecule has 1 aliphatic rings. The Labute approximate surface area is 126 Å². The highest BCUT2D eigenvalue weighted by atomic mass is 16.5. The summed E-state index contributed by atoms with van der Waals surface area (Å²) in [5, 5.41) is 3.66. The van der Waals surface area contributed by atoms with Crippen LogP contribution in [0.3, 0.4) is 0 Å². The van der Waals surface area contributed by atoms with Gasteiger partial charge in [0.2, 0.25) is 0 Å². The lowest BCUT2D eigenvalue weighted by Gasteiger charge is -2.40. The van der Waals surface area contributed by atoms with Gasteiger partial charge in [0.05, 0.1) is 11.2 Å². The normalized spacial score (nSPS) is 29.1. The third-order valence-electron chi connectivity index (χ3n) is 5.36. The Bertz CT molecular complexity index is 323. The van der Waals surface area contributed by atoms with Gasteiger partial charge in [-0.3, -0.25) is 0 Å². The molecule has 2 atom stereocenters. The third kappa shape index (κ3) is 3.55. The average Bonchev–Trinajstić information content (AvgIpc) is 2.47. The van der Waals surface area contributed by atoms with Gasteiger partial charge in [0.1, 0.15) is 0 Å². The summed E-state index contributed by atoms with van der Waals surface area (Å²) >= 11 is 0. The van der Waals surface area contributed by atoms with E-state index in [1.165, 1.54) is 0 Å². The van der Waals surface area contributed by atoms with E-state index in [4.69, 9.17) is 4.74 Å². The molecule has 0 bridgehead atoms. The molecule has 1 rings (SSSR count). The first kappa shape index (κ1) is 17.9. The summed E-state index contributed by atoms with van der Waals surface area (Å²) < 4.78 is 6.37. The smallest absolute Gasteiger partial charge is 0.0790 e. The maximum Gasteiger partial charge on any atom is 0.0790 e. The highest BCUT2D eigenvalue weighted by Gasteiger charge is 2.53. The van der Waals surface area contributed by atoms with Crippen molar-refractivity contribution in [1.82, 2.24) is 10.2 Å². The monoisotopic (exact) mass is 284 g/mol. The fourth-order valence-electron chi connectivity index (χ4n) is 3.45. The molecule has 0 spiro atoms. The first-order valence-electron chi connectivity index (χ1n) is 8.12. The highest BCUT2D eigenvalue weighted by molar-refractivity contribution is 5.06. The molecule has 2 unspecified atom stereocenters. The Kier molecular flexibility index (Phi) is 5.32. The minimum Gasteiger partial charge on any atom is -0.368 e. The summed E-state index contributed by atoms with van der Waals surface area (Å²) in [6, 6.07) is 0.401. The second kappa shape index (κ2) is 5.94. The highest BCUT2D eigenvalue weighted by Crippen LogP contribution is 2.43. The van der Waals surface area contributed by atoms with Crippen LogP contribution in [0.4, 0.5) is 0 Å². The molecule has 120 valence electrons. The second-order valence-corrected chi connectivity index (χ2v) is 8.00. The number of likely N-dealkylation sites (N-methyl/N-ethyl adjacent to an activating group) is 1. The third-order valence-corrected chi connectivity index (χ3v) is 5.36. The predicted octanol–water partition coefficient (Wildman–Crippen LogP) is 3.29. The topological polar surface area (TPSA) is 24.5 Å². The lowest BCUT2D eigenvalue weighted by atomic mass is 9.81. The molecule has 0 amide bonds. The fourth-order valence-corrected chi connectivity index (χ4v) is 3.45. The molecule has 3 nitrogen and oxygen atoms in total. The van der Waals surface area contributed by atoms with E-state index < -0.39 is 0 Å². The van der Waals surface area contributed by atoms with Gasteiger partial charge in [-0.25, -0.2) is 0 Å². The van der Waals surface area contributed by atoms with Gasteiger partial charge in [-0.05, 0) is 61.6 Å². The van der Waals surface area contributed by atoms with E-state index in [1.807, 2.05) is 0 Å². The molecule has 0 aromatic rings. The molecule has 1 N–H and O–H groups in total. The van der Waals surface area contributed by atoms with Crippen LogP contribution in [0.25, 0.3) is 0 Å². The zero-order valence-electron chi connectivity index (χ0n) is 15.1. The van der Waals surface area contributed by atoms with Crippen LogP contribution in [0.2, 0.25) is 0 Å². The minimum atomic E-state index is -0.110. The minimum absolute atomic E-state index is 0.0889. The first-order chi connectivity index (χ1) is 8.98. The number of hydrogen-bond acceptors (Lipinski definition) is 3. The number of nitrogens with zero attached hydrogens (tertiary/aromatic N) is 1. The molecular formula is C17H36N2O. The van der Waals surface area contributed by atoms with E-state index in [2.05, 4.69) is 72.7 Å². The molecule has 0 saturated carbocycles. The quantitative estimate of drug-likeness (QED) is 0.810. The van der Waals surface area contributed by atoms with Crippen LogP contribution in [0.15, 0.2) is 0 Å². The van der Waals surface area contributed by atoms with Crippen LogP contribution in [-0.4, -0.2) is 47.8 Å². The Morgan fingerprint density at radius 3 is 2.10 bits per heavy atom. The molecule has 0 aromatic heterocycles. The zero-order chi connectivity index (χ0) is 15.8. The summed E-state index contributed by atoms with van der Waals surface area (Å²) in [4.78, 5) is 2.49. The van der Waals surface area contributed by atoms with Crippen LogP contribution in [0.1, 0.15) is 61.8 Å². The second-order valence-electron chi connectivity index (χ2n) is 8.00. The molecule has 0 aromatic carbocycles. The fraction of sp³-hybridized carbons (Fsp3) is 1.00. The van der Waals surface area contributed by atoms with Crippen molar-refractivity contribution in [2.24, 2.45) is 5.92 Å². The van der Waals surface area contributed by atoms with Crippen molar-refractivity contribution in [1.29, 1.82) is 0 Å². The summed E-state index contributed by atoms with van der Waals surface area (Å²) in [7, 11) is 2.24. The van der Waals surface area contributed by atoms with Crippen LogP contribution in [-0.2, 0) is 4.74 Å².